The van der Waals surface area contributed by atoms with E-state index in [4.69, 9.17) is 19.3 Å². The average Bonchev–Trinajstić information content (AvgIpc) is 2.88. The molecule has 0 spiro atoms. The van der Waals surface area contributed by atoms with E-state index in [0.29, 0.717) is 41.2 Å². The topological polar surface area (TPSA) is 85.3 Å². The van der Waals surface area contributed by atoms with Crippen LogP contribution in [0.5, 0.6) is 11.5 Å². The van der Waals surface area contributed by atoms with E-state index < -0.39 is 18.2 Å². The first-order valence-electron chi connectivity index (χ1n) is 11.2. The lowest BCUT2D eigenvalue weighted by atomic mass is 9.90. The Morgan fingerprint density at radius 1 is 1.06 bits per heavy atom. The Labute approximate surface area is 202 Å². The van der Waals surface area contributed by atoms with Crippen molar-refractivity contribution in [3.63, 3.8) is 0 Å². The molecule has 1 unspecified atom stereocenters. The minimum atomic E-state index is -1.08. The fraction of sp³-hybridized carbons (Fsp3) is 0.259. The molecule has 0 bridgehead atoms. The molecule has 1 aliphatic heterocycles. The quantitative estimate of drug-likeness (QED) is 0.511. The third-order valence-electron chi connectivity index (χ3n) is 5.94. The van der Waals surface area contributed by atoms with Crippen LogP contribution in [0.2, 0.25) is 0 Å². The summed E-state index contributed by atoms with van der Waals surface area (Å²) in [5.74, 6) is -0.629. The summed E-state index contributed by atoms with van der Waals surface area (Å²) in [5, 5.41) is 9.10. The smallest absolute Gasteiger partial charge is 0.410 e. The summed E-state index contributed by atoms with van der Waals surface area (Å²) in [6.45, 7) is 2.12. The van der Waals surface area contributed by atoms with E-state index in [1.165, 1.54) is 20.1 Å². The van der Waals surface area contributed by atoms with Crippen LogP contribution in [0.3, 0.4) is 0 Å². The summed E-state index contributed by atoms with van der Waals surface area (Å²) in [6.07, 6.45) is -1.14. The van der Waals surface area contributed by atoms with Crippen LogP contribution >= 0.6 is 0 Å². The highest BCUT2D eigenvalue weighted by molar-refractivity contribution is 5.77. The lowest BCUT2D eigenvalue weighted by Crippen LogP contribution is -2.37. The van der Waals surface area contributed by atoms with E-state index >= 15 is 0 Å². The first-order chi connectivity index (χ1) is 16.9. The fourth-order valence-corrected chi connectivity index (χ4v) is 4.07. The van der Waals surface area contributed by atoms with E-state index in [1.54, 1.807) is 29.2 Å². The zero-order chi connectivity index (χ0) is 24.9. The van der Waals surface area contributed by atoms with Gasteiger partial charge in [-0.1, -0.05) is 36.4 Å². The molecule has 1 N–H and O–H groups in total. The Morgan fingerprint density at radius 2 is 1.80 bits per heavy atom. The highest BCUT2D eigenvalue weighted by Gasteiger charge is 2.27. The SMILES string of the molecule is COc1cc(OC(C)C(=O)O)ccc1-c1ccc(F)c2c1CN(C(=O)OCc1ccccc1)CC2. The van der Waals surface area contributed by atoms with Crippen LogP contribution in [0.15, 0.2) is 60.7 Å². The largest absolute Gasteiger partial charge is 0.496 e. The molecule has 3 aromatic carbocycles. The van der Waals surface area contributed by atoms with Crippen molar-refractivity contribution in [2.24, 2.45) is 0 Å². The third kappa shape index (κ3) is 5.37. The predicted molar refractivity (Wildman–Crippen MR) is 127 cm³/mol. The fourth-order valence-electron chi connectivity index (χ4n) is 4.07. The van der Waals surface area contributed by atoms with Crippen LogP contribution in [0.1, 0.15) is 23.6 Å². The number of hydrogen-bond acceptors (Lipinski definition) is 5. The second kappa shape index (κ2) is 10.5. The van der Waals surface area contributed by atoms with Crippen LogP contribution in [-0.2, 0) is 29.1 Å². The summed E-state index contributed by atoms with van der Waals surface area (Å²) in [5.41, 5.74) is 3.51. The van der Waals surface area contributed by atoms with Crippen molar-refractivity contribution in [1.82, 2.24) is 4.90 Å². The molecular formula is C27H26FNO6. The molecule has 0 saturated carbocycles. The van der Waals surface area contributed by atoms with Crippen molar-refractivity contribution < 1.29 is 33.3 Å². The highest BCUT2D eigenvalue weighted by Crippen LogP contribution is 2.39. The molecule has 3 aromatic rings. The van der Waals surface area contributed by atoms with E-state index in [9.17, 15) is 14.0 Å². The Hall–Kier alpha value is -4.07. The maximum atomic E-state index is 14.7. The predicted octanol–water partition coefficient (Wildman–Crippen LogP) is 5.05. The van der Waals surface area contributed by atoms with Crippen LogP contribution in [0, 0.1) is 5.82 Å². The van der Waals surface area contributed by atoms with Gasteiger partial charge in [0.05, 0.1) is 7.11 Å². The summed E-state index contributed by atoms with van der Waals surface area (Å²) in [7, 11) is 1.49. The van der Waals surface area contributed by atoms with Crippen molar-refractivity contribution in [1.29, 1.82) is 0 Å². The Balaban J connectivity index is 1.60. The molecule has 4 rings (SSSR count). The van der Waals surface area contributed by atoms with Gasteiger partial charge in [-0.2, -0.15) is 0 Å². The minimum Gasteiger partial charge on any atom is -0.496 e. The number of amides is 1. The molecule has 182 valence electrons. The van der Waals surface area contributed by atoms with E-state index in [0.717, 1.165) is 11.1 Å². The van der Waals surface area contributed by atoms with Crippen LogP contribution in [0.4, 0.5) is 9.18 Å². The Morgan fingerprint density at radius 3 is 2.51 bits per heavy atom. The van der Waals surface area contributed by atoms with E-state index in [1.807, 2.05) is 30.3 Å². The molecule has 8 heteroatoms. The summed E-state index contributed by atoms with van der Waals surface area (Å²) in [6, 6.07) is 17.4. The first-order valence-corrected chi connectivity index (χ1v) is 11.2. The van der Waals surface area contributed by atoms with E-state index in [-0.39, 0.29) is 19.0 Å². The third-order valence-corrected chi connectivity index (χ3v) is 5.94. The van der Waals surface area contributed by atoms with Gasteiger partial charge >= 0.3 is 12.1 Å². The van der Waals surface area contributed by atoms with Crippen molar-refractivity contribution in [3.8, 4) is 22.6 Å². The zero-order valence-electron chi connectivity index (χ0n) is 19.5. The number of methoxy groups -OCH3 is 1. The number of halogens is 1. The van der Waals surface area contributed by atoms with Crippen LogP contribution < -0.4 is 9.47 Å². The van der Waals surface area contributed by atoms with Gasteiger partial charge in [-0.15, -0.1) is 0 Å². The maximum absolute atomic E-state index is 14.7. The van der Waals surface area contributed by atoms with Crippen molar-refractivity contribution in [3.05, 3.63) is 83.2 Å². The lowest BCUT2D eigenvalue weighted by molar-refractivity contribution is -0.144. The van der Waals surface area contributed by atoms with Crippen LogP contribution in [-0.4, -0.2) is 41.8 Å². The number of fused-ring (bicyclic) bond motifs is 1. The van der Waals surface area contributed by atoms with Gasteiger partial charge in [-0.3, -0.25) is 0 Å². The number of rotatable bonds is 7. The van der Waals surface area contributed by atoms with Gasteiger partial charge in [-0.25, -0.2) is 14.0 Å². The monoisotopic (exact) mass is 479 g/mol. The Kier molecular flexibility index (Phi) is 7.19. The molecule has 35 heavy (non-hydrogen) atoms. The van der Waals surface area contributed by atoms with Gasteiger partial charge in [0.25, 0.3) is 0 Å². The zero-order valence-corrected chi connectivity index (χ0v) is 19.5. The number of aliphatic carboxylic acids is 1. The number of nitrogens with zero attached hydrogens (tertiary/aromatic N) is 1. The van der Waals surface area contributed by atoms with Gasteiger partial charge in [0.1, 0.15) is 23.9 Å². The van der Waals surface area contributed by atoms with Crippen molar-refractivity contribution in [2.45, 2.75) is 32.6 Å². The molecule has 0 saturated heterocycles. The number of ether oxygens (including phenoxy) is 3. The molecule has 0 aliphatic carbocycles. The standard InChI is InChI=1S/C27H26FNO6/c1-17(26(30)31)35-19-8-9-22(25(14-19)33-2)20-10-11-24(28)21-12-13-29(15-23(20)21)27(32)34-16-18-6-4-3-5-7-18/h3-11,14,17H,12-13,15-16H2,1-2H3,(H,30,31). The highest BCUT2D eigenvalue weighted by atomic mass is 19.1. The van der Waals surface area contributed by atoms with E-state index in [2.05, 4.69) is 0 Å². The molecule has 1 heterocycles. The van der Waals surface area contributed by atoms with Crippen molar-refractivity contribution >= 4 is 12.1 Å². The number of carbonyl (C=O) groups excluding carboxylic acids is 1. The normalized spacial score (nSPS) is 13.5. The van der Waals surface area contributed by atoms with Gasteiger partial charge in [-0.05, 0) is 53.8 Å². The summed E-state index contributed by atoms with van der Waals surface area (Å²) in [4.78, 5) is 25.4. The molecule has 0 radical (unpaired) electrons. The molecule has 1 amide bonds. The second-order valence-electron chi connectivity index (χ2n) is 8.22. The van der Waals surface area contributed by atoms with Crippen molar-refractivity contribution in [2.75, 3.05) is 13.7 Å². The van der Waals surface area contributed by atoms with Gasteiger partial charge < -0.3 is 24.2 Å². The lowest BCUT2D eigenvalue weighted by Gasteiger charge is -2.30. The van der Waals surface area contributed by atoms with Crippen LogP contribution in [0.25, 0.3) is 11.1 Å². The van der Waals surface area contributed by atoms with Gasteiger partial charge in [0.2, 0.25) is 0 Å². The maximum Gasteiger partial charge on any atom is 0.410 e. The molecule has 1 atom stereocenters. The Bertz CT molecular complexity index is 1230. The summed E-state index contributed by atoms with van der Waals surface area (Å²) < 4.78 is 31.2. The minimum absolute atomic E-state index is 0.156. The molecule has 0 fully saturated rings. The molecule has 7 nitrogen and oxygen atoms in total. The number of carboxylic acids is 1. The first kappa shape index (κ1) is 24.1. The second-order valence-corrected chi connectivity index (χ2v) is 8.22. The average molecular weight is 480 g/mol. The molecule has 1 aliphatic rings. The molecule has 0 aromatic heterocycles. The number of benzene rings is 3. The summed E-state index contributed by atoms with van der Waals surface area (Å²) >= 11 is 0. The molecular weight excluding hydrogens is 453 g/mol. The number of carboxylic acid groups (broad SMARTS) is 1. The van der Waals surface area contributed by atoms with Gasteiger partial charge in [0.15, 0.2) is 6.10 Å². The number of carbonyl (C=O) groups is 2. The number of hydrogen-bond donors (Lipinski definition) is 1. The van der Waals surface area contributed by atoms with Gasteiger partial charge in [0, 0.05) is 24.7 Å².